The van der Waals surface area contributed by atoms with E-state index >= 15 is 0 Å². The van der Waals surface area contributed by atoms with Crippen LogP contribution in [0.1, 0.15) is 12.8 Å². The van der Waals surface area contributed by atoms with E-state index in [9.17, 15) is 22.7 Å². The van der Waals surface area contributed by atoms with Crippen molar-refractivity contribution in [3.8, 4) is 0 Å². The van der Waals surface area contributed by atoms with Crippen LogP contribution in [0.5, 0.6) is 0 Å². The van der Waals surface area contributed by atoms with Crippen LogP contribution in [0.25, 0.3) is 0 Å². The van der Waals surface area contributed by atoms with Gasteiger partial charge in [0.15, 0.2) is 11.3 Å². The zero-order chi connectivity index (χ0) is 17.2. The van der Waals surface area contributed by atoms with Crippen LogP contribution >= 0.6 is 11.8 Å². The molecule has 0 aliphatic carbocycles. The van der Waals surface area contributed by atoms with E-state index < -0.39 is 42.6 Å². The highest BCUT2D eigenvalue weighted by atomic mass is 32.2. The zero-order valence-electron chi connectivity index (χ0n) is 12.8. The van der Waals surface area contributed by atoms with Crippen molar-refractivity contribution in [3.05, 3.63) is 0 Å². The molecule has 10 heteroatoms. The third kappa shape index (κ3) is 4.49. The molecule has 0 aromatic heterocycles. The Morgan fingerprint density at radius 1 is 1.48 bits per heavy atom. The van der Waals surface area contributed by atoms with Gasteiger partial charge in [-0.15, -0.1) is 0 Å². The molecule has 1 saturated heterocycles. The van der Waals surface area contributed by atoms with Gasteiger partial charge in [-0.1, -0.05) is 11.8 Å². The maximum absolute atomic E-state index is 13.2. The highest BCUT2D eigenvalue weighted by Crippen LogP contribution is 2.40. The number of halogens is 4. The molecule has 0 bridgehead atoms. The van der Waals surface area contributed by atoms with Crippen molar-refractivity contribution in [1.82, 2.24) is 4.90 Å². The Morgan fingerprint density at radius 2 is 2.17 bits per heavy atom. The Kier molecular flexibility index (Phi) is 6.15. The maximum atomic E-state index is 13.2. The van der Waals surface area contributed by atoms with Gasteiger partial charge in [0, 0.05) is 20.5 Å². The predicted molar refractivity (Wildman–Crippen MR) is 78.2 cm³/mol. The topological polar surface area (TPSA) is 54.3 Å². The van der Waals surface area contributed by atoms with Crippen LogP contribution < -0.4 is 0 Å². The molecule has 2 heterocycles. The summed E-state index contributed by atoms with van der Waals surface area (Å²) >= 11 is 1.18. The fourth-order valence-electron chi connectivity index (χ4n) is 2.47. The summed E-state index contributed by atoms with van der Waals surface area (Å²) in [6.45, 7) is -1.10. The van der Waals surface area contributed by atoms with Gasteiger partial charge in [0.05, 0.1) is 25.5 Å². The highest BCUT2D eigenvalue weighted by Gasteiger charge is 2.52. The monoisotopic (exact) mass is 360 g/mol. The van der Waals surface area contributed by atoms with Crippen LogP contribution in [0.2, 0.25) is 0 Å². The van der Waals surface area contributed by atoms with Crippen molar-refractivity contribution in [2.24, 2.45) is 4.99 Å². The molecule has 2 aliphatic rings. The van der Waals surface area contributed by atoms with E-state index in [0.29, 0.717) is 5.17 Å². The second-order valence-electron chi connectivity index (χ2n) is 5.64. The molecule has 5 atom stereocenters. The molecule has 0 unspecified atom stereocenters. The van der Waals surface area contributed by atoms with Crippen LogP contribution in [-0.2, 0) is 9.47 Å². The molecule has 134 valence electrons. The third-order valence-corrected chi connectivity index (χ3v) is 4.86. The lowest BCUT2D eigenvalue weighted by Gasteiger charge is -2.38. The molecular weight excluding hydrogens is 340 g/mol. The minimum atomic E-state index is -4.65. The van der Waals surface area contributed by atoms with Gasteiger partial charge in [-0.2, -0.15) is 13.2 Å². The van der Waals surface area contributed by atoms with E-state index in [1.54, 1.807) is 19.0 Å². The standard InChI is InChI=1S/C13H20F4N2O3S/c1-19(2)12-18-9-7(20)6-8(22-11(9)23-12)10(13(15,16)17)21-5-3-4-14/h7-11,20H,3-6H2,1-2H3/t7-,8-,9+,10+,11+/m0/s1. The van der Waals surface area contributed by atoms with E-state index in [-0.39, 0.29) is 19.4 Å². The zero-order valence-corrected chi connectivity index (χ0v) is 13.6. The number of amidine groups is 1. The Hall–Kier alpha value is -0.580. The maximum Gasteiger partial charge on any atom is 0.417 e. The normalized spacial score (nSPS) is 32.4. The number of ether oxygens (including phenoxy) is 2. The first-order valence-corrected chi connectivity index (χ1v) is 8.11. The fourth-order valence-corrected chi connectivity index (χ4v) is 3.65. The first-order valence-electron chi connectivity index (χ1n) is 7.23. The SMILES string of the molecule is CN(C)C1=N[C@H]2[C@H](O[C@H]([C@@H](OCCCF)C(F)(F)F)C[C@@H]2O)S1. The minimum Gasteiger partial charge on any atom is -0.391 e. The van der Waals surface area contributed by atoms with Gasteiger partial charge in [0.2, 0.25) is 0 Å². The Labute approximate surface area is 136 Å². The number of hydrogen-bond acceptors (Lipinski definition) is 6. The number of alkyl halides is 4. The third-order valence-electron chi connectivity index (χ3n) is 3.56. The first-order chi connectivity index (χ1) is 10.7. The Balaban J connectivity index is 2.06. The molecule has 0 aromatic rings. The van der Waals surface area contributed by atoms with Crippen molar-refractivity contribution < 1.29 is 32.1 Å². The molecule has 1 fully saturated rings. The van der Waals surface area contributed by atoms with Gasteiger partial charge < -0.3 is 19.5 Å². The van der Waals surface area contributed by atoms with Gasteiger partial charge in [-0.25, -0.2) is 0 Å². The van der Waals surface area contributed by atoms with Crippen LogP contribution in [0.4, 0.5) is 17.6 Å². The van der Waals surface area contributed by atoms with Crippen molar-refractivity contribution in [2.45, 2.75) is 48.8 Å². The summed E-state index contributed by atoms with van der Waals surface area (Å²) < 4.78 is 61.9. The quantitative estimate of drug-likeness (QED) is 0.599. The molecular formula is C13H20F4N2O3S. The van der Waals surface area contributed by atoms with Gasteiger partial charge >= 0.3 is 6.18 Å². The predicted octanol–water partition coefficient (Wildman–Crippen LogP) is 1.80. The number of aliphatic imine (C=N–C) groups is 1. The summed E-state index contributed by atoms with van der Waals surface area (Å²) in [6.07, 6.45) is -9.56. The number of aliphatic hydroxyl groups excluding tert-OH is 1. The second-order valence-corrected chi connectivity index (χ2v) is 6.70. The second kappa shape index (κ2) is 7.54. The van der Waals surface area contributed by atoms with E-state index in [1.165, 1.54) is 11.8 Å². The van der Waals surface area contributed by atoms with Crippen molar-refractivity contribution in [3.63, 3.8) is 0 Å². The van der Waals surface area contributed by atoms with Crippen LogP contribution in [0, 0.1) is 0 Å². The van der Waals surface area contributed by atoms with Crippen LogP contribution in [-0.4, -0.2) is 78.5 Å². The van der Waals surface area contributed by atoms with Crippen molar-refractivity contribution in [1.29, 1.82) is 0 Å². The number of nitrogens with zero attached hydrogens (tertiary/aromatic N) is 2. The fraction of sp³-hybridized carbons (Fsp3) is 0.923. The lowest BCUT2D eigenvalue weighted by molar-refractivity contribution is -0.265. The van der Waals surface area contributed by atoms with E-state index in [2.05, 4.69) is 4.99 Å². The summed E-state index contributed by atoms with van der Waals surface area (Å²) in [5, 5.41) is 10.7. The van der Waals surface area contributed by atoms with E-state index in [4.69, 9.17) is 9.47 Å². The van der Waals surface area contributed by atoms with E-state index in [1.807, 2.05) is 0 Å². The molecule has 1 N–H and O–H groups in total. The summed E-state index contributed by atoms with van der Waals surface area (Å²) in [4.78, 5) is 6.00. The summed E-state index contributed by atoms with van der Waals surface area (Å²) in [5.41, 5.74) is -0.684. The molecule has 2 aliphatic heterocycles. The largest absolute Gasteiger partial charge is 0.417 e. The highest BCUT2D eigenvalue weighted by molar-refractivity contribution is 8.14. The van der Waals surface area contributed by atoms with Crippen LogP contribution in [0.3, 0.4) is 0 Å². The molecule has 2 rings (SSSR count). The average Bonchev–Trinajstić information content (AvgIpc) is 2.87. The van der Waals surface area contributed by atoms with Gasteiger partial charge in [-0.05, 0) is 6.42 Å². The smallest absolute Gasteiger partial charge is 0.391 e. The van der Waals surface area contributed by atoms with Crippen LogP contribution in [0.15, 0.2) is 4.99 Å². The molecule has 0 amide bonds. The van der Waals surface area contributed by atoms with E-state index in [0.717, 1.165) is 0 Å². The number of fused-ring (bicyclic) bond motifs is 1. The summed E-state index contributed by atoms with van der Waals surface area (Å²) in [5.74, 6) is 0. The van der Waals surface area contributed by atoms with Crippen molar-refractivity contribution in [2.75, 3.05) is 27.4 Å². The number of thioether (sulfide) groups is 1. The summed E-state index contributed by atoms with van der Waals surface area (Å²) in [6, 6.07) is -0.589. The summed E-state index contributed by atoms with van der Waals surface area (Å²) in [7, 11) is 3.51. The average molecular weight is 360 g/mol. The lowest BCUT2D eigenvalue weighted by atomic mass is 9.98. The molecule has 0 aromatic carbocycles. The van der Waals surface area contributed by atoms with Gasteiger partial charge in [0.1, 0.15) is 11.5 Å². The molecule has 0 radical (unpaired) electrons. The minimum absolute atomic E-state index is 0.115. The number of aliphatic hydroxyl groups is 1. The van der Waals surface area contributed by atoms with Gasteiger partial charge in [0.25, 0.3) is 0 Å². The molecule has 23 heavy (non-hydrogen) atoms. The number of hydrogen-bond donors (Lipinski definition) is 1. The Morgan fingerprint density at radius 3 is 2.74 bits per heavy atom. The molecule has 5 nitrogen and oxygen atoms in total. The van der Waals surface area contributed by atoms with Crippen molar-refractivity contribution >= 4 is 16.9 Å². The number of rotatable bonds is 5. The first kappa shape index (κ1) is 18.8. The molecule has 0 spiro atoms. The van der Waals surface area contributed by atoms with Gasteiger partial charge in [-0.3, -0.25) is 9.38 Å². The molecule has 0 saturated carbocycles. The Bertz CT molecular complexity index is 436. The lowest BCUT2D eigenvalue weighted by Crippen LogP contribution is -2.53.